The molecule has 0 saturated heterocycles. The second kappa shape index (κ2) is 6.03. The second-order valence-corrected chi connectivity index (χ2v) is 5.14. The molecule has 0 radical (unpaired) electrons. The Hall–Kier alpha value is -1.31. The van der Waals surface area contributed by atoms with Crippen LogP contribution in [-0.2, 0) is 6.54 Å². The van der Waals surface area contributed by atoms with Crippen LogP contribution in [-0.4, -0.2) is 6.04 Å². The molecule has 0 aromatic heterocycles. The van der Waals surface area contributed by atoms with Crippen LogP contribution in [0.2, 0.25) is 5.02 Å². The van der Waals surface area contributed by atoms with E-state index < -0.39 is 0 Å². The molecule has 2 rings (SSSR count). The third-order valence-corrected chi connectivity index (χ3v) is 3.13. The van der Waals surface area contributed by atoms with E-state index in [4.69, 9.17) is 11.6 Å². The normalized spacial score (nSPS) is 10.9. The highest BCUT2D eigenvalue weighted by atomic mass is 35.5. The second-order valence-electron chi connectivity index (χ2n) is 4.70. The summed E-state index contributed by atoms with van der Waals surface area (Å²) in [4.78, 5) is 0. The topological polar surface area (TPSA) is 12.0 Å². The smallest absolute Gasteiger partial charge is 0.0406 e. The van der Waals surface area contributed by atoms with Gasteiger partial charge in [0.25, 0.3) is 0 Å². The van der Waals surface area contributed by atoms with Crippen molar-refractivity contribution in [3.8, 4) is 11.1 Å². The van der Waals surface area contributed by atoms with Crippen LogP contribution in [0, 0.1) is 0 Å². The molecule has 94 valence electrons. The molecule has 1 N–H and O–H groups in total. The maximum atomic E-state index is 5.93. The Morgan fingerprint density at radius 2 is 1.67 bits per heavy atom. The van der Waals surface area contributed by atoms with Gasteiger partial charge >= 0.3 is 0 Å². The third-order valence-electron chi connectivity index (χ3n) is 2.87. The van der Waals surface area contributed by atoms with E-state index in [0.717, 1.165) is 11.6 Å². The van der Waals surface area contributed by atoms with Gasteiger partial charge < -0.3 is 5.32 Å². The van der Waals surface area contributed by atoms with Crippen LogP contribution in [0.1, 0.15) is 19.4 Å². The first-order valence-corrected chi connectivity index (χ1v) is 6.62. The van der Waals surface area contributed by atoms with Gasteiger partial charge in [0.2, 0.25) is 0 Å². The van der Waals surface area contributed by atoms with E-state index in [9.17, 15) is 0 Å². The molecule has 1 nitrogen and oxygen atoms in total. The Balaban J connectivity index is 2.29. The number of nitrogens with one attached hydrogen (secondary N) is 1. The first-order valence-electron chi connectivity index (χ1n) is 6.24. The lowest BCUT2D eigenvalue weighted by Crippen LogP contribution is -2.22. The van der Waals surface area contributed by atoms with Gasteiger partial charge in [-0.1, -0.05) is 61.8 Å². The number of hydrogen-bond acceptors (Lipinski definition) is 1. The Morgan fingerprint density at radius 1 is 1.00 bits per heavy atom. The largest absolute Gasteiger partial charge is 0.310 e. The highest BCUT2D eigenvalue weighted by Crippen LogP contribution is 2.25. The zero-order valence-electron chi connectivity index (χ0n) is 10.8. The summed E-state index contributed by atoms with van der Waals surface area (Å²) in [6, 6.07) is 17.0. The van der Waals surface area contributed by atoms with Crippen molar-refractivity contribution in [3.05, 3.63) is 59.1 Å². The molecule has 0 unspecified atom stereocenters. The van der Waals surface area contributed by atoms with Gasteiger partial charge in [0.15, 0.2) is 0 Å². The summed E-state index contributed by atoms with van der Waals surface area (Å²) in [5.74, 6) is 0. The van der Waals surface area contributed by atoms with Crippen LogP contribution >= 0.6 is 11.6 Å². The van der Waals surface area contributed by atoms with Gasteiger partial charge in [-0.25, -0.2) is 0 Å². The molecule has 0 fully saturated rings. The predicted molar refractivity (Wildman–Crippen MR) is 78.9 cm³/mol. The van der Waals surface area contributed by atoms with E-state index in [-0.39, 0.29) is 0 Å². The van der Waals surface area contributed by atoms with Crippen molar-refractivity contribution < 1.29 is 0 Å². The molecule has 2 heteroatoms. The van der Waals surface area contributed by atoms with Crippen LogP contribution in [0.3, 0.4) is 0 Å². The summed E-state index contributed by atoms with van der Waals surface area (Å²) in [7, 11) is 0. The van der Waals surface area contributed by atoms with Crippen molar-refractivity contribution in [2.24, 2.45) is 0 Å². The van der Waals surface area contributed by atoms with Crippen LogP contribution < -0.4 is 5.32 Å². The van der Waals surface area contributed by atoms with Crippen LogP contribution in [0.5, 0.6) is 0 Å². The first-order chi connectivity index (χ1) is 8.66. The average molecular weight is 260 g/mol. The Bertz CT molecular complexity index is 503. The summed E-state index contributed by atoms with van der Waals surface area (Å²) in [5, 5.41) is 4.23. The van der Waals surface area contributed by atoms with Crippen molar-refractivity contribution in [1.82, 2.24) is 5.32 Å². The minimum atomic E-state index is 0.489. The zero-order valence-corrected chi connectivity index (χ0v) is 11.5. The lowest BCUT2D eigenvalue weighted by molar-refractivity contribution is 0.589. The van der Waals surface area contributed by atoms with E-state index in [1.807, 2.05) is 12.1 Å². The molecule has 0 bridgehead atoms. The van der Waals surface area contributed by atoms with E-state index in [0.29, 0.717) is 6.04 Å². The molecule has 0 aliphatic carbocycles. The van der Waals surface area contributed by atoms with Gasteiger partial charge in [0.05, 0.1) is 0 Å². The Kier molecular flexibility index (Phi) is 4.40. The molecule has 0 aliphatic rings. The molecule has 18 heavy (non-hydrogen) atoms. The fourth-order valence-corrected chi connectivity index (χ4v) is 2.03. The molecule has 0 atom stereocenters. The number of benzene rings is 2. The van der Waals surface area contributed by atoms with E-state index in [1.165, 1.54) is 16.7 Å². The molecule has 0 heterocycles. The van der Waals surface area contributed by atoms with Crippen molar-refractivity contribution in [2.45, 2.75) is 26.4 Å². The van der Waals surface area contributed by atoms with E-state index >= 15 is 0 Å². The molecular weight excluding hydrogens is 242 g/mol. The number of hydrogen-bond donors (Lipinski definition) is 1. The minimum Gasteiger partial charge on any atom is -0.310 e. The lowest BCUT2D eigenvalue weighted by Gasteiger charge is -2.12. The highest BCUT2D eigenvalue weighted by Gasteiger charge is 2.04. The maximum Gasteiger partial charge on any atom is 0.0406 e. The molecule has 2 aromatic carbocycles. The van der Waals surface area contributed by atoms with Crippen molar-refractivity contribution >= 4 is 11.6 Å². The van der Waals surface area contributed by atoms with Gasteiger partial charge in [-0.2, -0.15) is 0 Å². The highest BCUT2D eigenvalue weighted by molar-refractivity contribution is 6.30. The molecule has 2 aromatic rings. The third kappa shape index (κ3) is 3.34. The molecule has 0 saturated carbocycles. The summed E-state index contributed by atoms with van der Waals surface area (Å²) in [5.41, 5.74) is 3.79. The van der Waals surface area contributed by atoms with Gasteiger partial charge in [0.1, 0.15) is 0 Å². The Morgan fingerprint density at radius 3 is 2.33 bits per heavy atom. The summed E-state index contributed by atoms with van der Waals surface area (Å²) >= 11 is 5.93. The monoisotopic (exact) mass is 259 g/mol. The fraction of sp³-hybridized carbons (Fsp3) is 0.250. The zero-order chi connectivity index (χ0) is 13.0. The first kappa shape index (κ1) is 13.1. The molecule has 0 aliphatic heterocycles. The SMILES string of the molecule is CC(C)NCc1ccccc1-c1ccc(Cl)cc1. The van der Waals surface area contributed by atoms with Gasteiger partial charge in [-0.3, -0.25) is 0 Å². The standard InChI is InChI=1S/C16H18ClN/c1-12(2)18-11-14-5-3-4-6-16(14)13-7-9-15(17)10-8-13/h3-10,12,18H,11H2,1-2H3. The maximum absolute atomic E-state index is 5.93. The summed E-state index contributed by atoms with van der Waals surface area (Å²) < 4.78 is 0. The van der Waals surface area contributed by atoms with Crippen molar-refractivity contribution in [3.63, 3.8) is 0 Å². The fourth-order valence-electron chi connectivity index (χ4n) is 1.90. The lowest BCUT2D eigenvalue weighted by atomic mass is 9.99. The van der Waals surface area contributed by atoms with Crippen molar-refractivity contribution in [2.75, 3.05) is 0 Å². The van der Waals surface area contributed by atoms with E-state index in [1.54, 1.807) is 0 Å². The van der Waals surface area contributed by atoms with Gasteiger partial charge in [0, 0.05) is 17.6 Å². The number of halogens is 1. The van der Waals surface area contributed by atoms with Gasteiger partial charge in [-0.05, 0) is 28.8 Å². The molecular formula is C16H18ClN. The predicted octanol–water partition coefficient (Wildman–Crippen LogP) is 4.51. The average Bonchev–Trinajstić information content (AvgIpc) is 2.38. The molecule has 0 amide bonds. The van der Waals surface area contributed by atoms with Crippen LogP contribution in [0.25, 0.3) is 11.1 Å². The minimum absolute atomic E-state index is 0.489. The van der Waals surface area contributed by atoms with E-state index in [2.05, 4.69) is 55.6 Å². The van der Waals surface area contributed by atoms with Crippen molar-refractivity contribution in [1.29, 1.82) is 0 Å². The number of rotatable bonds is 4. The van der Waals surface area contributed by atoms with Crippen LogP contribution in [0.15, 0.2) is 48.5 Å². The summed E-state index contributed by atoms with van der Waals surface area (Å²) in [6.07, 6.45) is 0. The Labute approximate surface area is 114 Å². The van der Waals surface area contributed by atoms with Crippen LogP contribution in [0.4, 0.5) is 0 Å². The summed E-state index contributed by atoms with van der Waals surface area (Å²) in [6.45, 7) is 5.20. The van der Waals surface area contributed by atoms with Gasteiger partial charge in [-0.15, -0.1) is 0 Å². The molecule has 0 spiro atoms. The quantitative estimate of drug-likeness (QED) is 0.852.